The number of hydrogen-bond donors (Lipinski definition) is 0. The fourth-order valence-electron chi connectivity index (χ4n) is 3.61. The topological polar surface area (TPSA) is 89.0 Å². The molecule has 3 aromatic heterocycles. The van der Waals surface area contributed by atoms with E-state index in [9.17, 15) is 0 Å². The highest BCUT2D eigenvalue weighted by molar-refractivity contribution is 7.13. The van der Waals surface area contributed by atoms with E-state index in [1.165, 1.54) is 12.8 Å². The molecule has 5 rings (SSSR count). The summed E-state index contributed by atoms with van der Waals surface area (Å²) >= 11 is 1.63. The smallest absolute Gasteiger partial charge is 0.227 e. The summed E-state index contributed by atoms with van der Waals surface area (Å²) in [5, 5.41) is 18.3. The van der Waals surface area contributed by atoms with Gasteiger partial charge in [-0.1, -0.05) is 11.2 Å². The van der Waals surface area contributed by atoms with Gasteiger partial charge in [-0.2, -0.15) is 4.98 Å². The summed E-state index contributed by atoms with van der Waals surface area (Å²) in [6.07, 6.45) is 4.28. The molecule has 148 valence electrons. The predicted octanol–water partition coefficient (Wildman–Crippen LogP) is 1.87. The Hall–Kier alpha value is -2.17. The average Bonchev–Trinajstić information content (AvgIpc) is 3.13. The van der Waals surface area contributed by atoms with Crippen molar-refractivity contribution < 1.29 is 4.52 Å². The number of tetrazole rings is 1. The van der Waals surface area contributed by atoms with Gasteiger partial charge in [-0.15, -0.1) is 16.4 Å². The molecule has 0 radical (unpaired) electrons. The van der Waals surface area contributed by atoms with Gasteiger partial charge < -0.3 is 9.42 Å². The lowest BCUT2D eigenvalue weighted by atomic mass is 10.2. The normalized spacial score (nSPS) is 18.7. The van der Waals surface area contributed by atoms with Crippen LogP contribution in [-0.2, 0) is 13.0 Å². The SMILES string of the molecule is c1csc(-c2noc(CCCN3CCN(Cc4nnnn4C4CC4)CC3)n2)c1. The van der Waals surface area contributed by atoms with Gasteiger partial charge in [-0.3, -0.25) is 4.90 Å². The van der Waals surface area contributed by atoms with Crippen molar-refractivity contribution in [3.8, 4) is 10.7 Å². The second-order valence-corrected chi connectivity index (χ2v) is 8.43. The largest absolute Gasteiger partial charge is 0.339 e. The summed E-state index contributed by atoms with van der Waals surface area (Å²) in [6.45, 7) is 6.18. The summed E-state index contributed by atoms with van der Waals surface area (Å²) < 4.78 is 7.40. The number of nitrogens with zero attached hydrogens (tertiary/aromatic N) is 8. The van der Waals surface area contributed by atoms with Crippen LogP contribution in [0.15, 0.2) is 22.0 Å². The Balaban J connectivity index is 1.04. The van der Waals surface area contributed by atoms with Crippen molar-refractivity contribution in [3.63, 3.8) is 0 Å². The molecule has 0 amide bonds. The van der Waals surface area contributed by atoms with Crippen molar-refractivity contribution in [3.05, 3.63) is 29.2 Å². The van der Waals surface area contributed by atoms with Crippen LogP contribution in [0.5, 0.6) is 0 Å². The molecule has 10 heteroatoms. The highest BCUT2D eigenvalue weighted by Gasteiger charge is 2.28. The van der Waals surface area contributed by atoms with Crippen LogP contribution >= 0.6 is 11.3 Å². The van der Waals surface area contributed by atoms with E-state index in [2.05, 4.69) is 35.5 Å². The van der Waals surface area contributed by atoms with E-state index in [-0.39, 0.29) is 0 Å². The van der Waals surface area contributed by atoms with Crippen molar-refractivity contribution in [2.24, 2.45) is 0 Å². The van der Waals surface area contributed by atoms with E-state index in [4.69, 9.17) is 4.52 Å². The van der Waals surface area contributed by atoms with Gasteiger partial charge in [-0.25, -0.2) is 4.68 Å². The lowest BCUT2D eigenvalue weighted by Gasteiger charge is -2.34. The zero-order valence-corrected chi connectivity index (χ0v) is 16.6. The molecule has 1 aliphatic carbocycles. The van der Waals surface area contributed by atoms with Crippen molar-refractivity contribution >= 4 is 11.3 Å². The first-order valence-electron chi connectivity index (χ1n) is 9.93. The Morgan fingerprint density at radius 3 is 2.79 bits per heavy atom. The van der Waals surface area contributed by atoms with Crippen LogP contribution in [0.4, 0.5) is 0 Å². The Kier molecular flexibility index (Phi) is 5.15. The highest BCUT2D eigenvalue weighted by Crippen LogP contribution is 2.34. The molecular formula is C18H24N8OS. The van der Waals surface area contributed by atoms with Gasteiger partial charge in [0.1, 0.15) is 0 Å². The number of aromatic nitrogens is 6. The molecule has 0 unspecified atom stereocenters. The minimum absolute atomic E-state index is 0.538. The van der Waals surface area contributed by atoms with Gasteiger partial charge in [0, 0.05) is 32.6 Å². The molecule has 28 heavy (non-hydrogen) atoms. The van der Waals surface area contributed by atoms with E-state index in [1.54, 1.807) is 11.3 Å². The maximum atomic E-state index is 5.39. The summed E-state index contributed by atoms with van der Waals surface area (Å²) in [4.78, 5) is 10.5. The van der Waals surface area contributed by atoms with E-state index in [0.717, 1.165) is 68.7 Å². The van der Waals surface area contributed by atoms with Crippen molar-refractivity contribution in [2.45, 2.75) is 38.3 Å². The van der Waals surface area contributed by atoms with Crippen LogP contribution in [0.25, 0.3) is 10.7 Å². The zero-order valence-electron chi connectivity index (χ0n) is 15.8. The number of piperazine rings is 1. The molecule has 0 bridgehead atoms. The van der Waals surface area contributed by atoms with Crippen LogP contribution in [0.3, 0.4) is 0 Å². The second-order valence-electron chi connectivity index (χ2n) is 7.48. The zero-order chi connectivity index (χ0) is 18.8. The first kappa shape index (κ1) is 17.9. The Morgan fingerprint density at radius 2 is 2.00 bits per heavy atom. The van der Waals surface area contributed by atoms with E-state index in [1.807, 2.05) is 22.2 Å². The summed E-state index contributed by atoms with van der Waals surface area (Å²) in [5.41, 5.74) is 0. The van der Waals surface area contributed by atoms with E-state index in [0.29, 0.717) is 11.9 Å². The summed E-state index contributed by atoms with van der Waals surface area (Å²) in [5.74, 6) is 2.44. The van der Waals surface area contributed by atoms with E-state index < -0.39 is 0 Å². The van der Waals surface area contributed by atoms with Gasteiger partial charge >= 0.3 is 0 Å². The highest BCUT2D eigenvalue weighted by atomic mass is 32.1. The van der Waals surface area contributed by atoms with Gasteiger partial charge in [0.05, 0.1) is 17.5 Å². The fraction of sp³-hybridized carbons (Fsp3) is 0.611. The summed E-state index contributed by atoms with van der Waals surface area (Å²) in [6, 6.07) is 4.56. The van der Waals surface area contributed by atoms with Crippen LogP contribution in [0, 0.1) is 0 Å². The molecule has 4 heterocycles. The molecule has 1 aliphatic heterocycles. The number of rotatable bonds is 8. The van der Waals surface area contributed by atoms with Crippen molar-refractivity contribution in [1.29, 1.82) is 0 Å². The molecule has 2 fully saturated rings. The second kappa shape index (κ2) is 8.06. The standard InChI is InChI=1S/C18H24N8OS/c1(4-17-19-18(21-27-17)15-3-2-12-28-15)7-24-8-10-25(11-9-24)13-16-20-22-23-26(16)14-5-6-14/h2-3,12,14H,1,4-11,13H2. The van der Waals surface area contributed by atoms with Gasteiger partial charge in [0.25, 0.3) is 0 Å². The maximum Gasteiger partial charge on any atom is 0.227 e. The quantitative estimate of drug-likeness (QED) is 0.566. The molecule has 1 saturated heterocycles. The summed E-state index contributed by atoms with van der Waals surface area (Å²) in [7, 11) is 0. The van der Waals surface area contributed by atoms with Crippen LogP contribution in [0.2, 0.25) is 0 Å². The van der Waals surface area contributed by atoms with Crippen molar-refractivity contribution in [1.82, 2.24) is 40.1 Å². The number of aryl methyl sites for hydroxylation is 1. The third-order valence-electron chi connectivity index (χ3n) is 5.36. The number of thiophene rings is 1. The molecule has 0 aromatic carbocycles. The number of hydrogen-bond acceptors (Lipinski definition) is 9. The molecule has 1 saturated carbocycles. The van der Waals surface area contributed by atoms with Gasteiger partial charge in [0.2, 0.25) is 11.7 Å². The molecule has 2 aliphatic rings. The molecule has 0 N–H and O–H groups in total. The lowest BCUT2D eigenvalue weighted by Crippen LogP contribution is -2.46. The van der Waals surface area contributed by atoms with Gasteiger partial charge in [0.15, 0.2) is 5.82 Å². The monoisotopic (exact) mass is 400 g/mol. The van der Waals surface area contributed by atoms with E-state index >= 15 is 0 Å². The minimum atomic E-state index is 0.538. The molecule has 0 spiro atoms. The Labute approximate surface area is 167 Å². The molecule has 3 aromatic rings. The van der Waals surface area contributed by atoms with Crippen LogP contribution < -0.4 is 0 Å². The Bertz CT molecular complexity index is 879. The molecule has 9 nitrogen and oxygen atoms in total. The van der Waals surface area contributed by atoms with Crippen LogP contribution in [0.1, 0.15) is 37.0 Å². The minimum Gasteiger partial charge on any atom is -0.339 e. The van der Waals surface area contributed by atoms with Gasteiger partial charge in [-0.05, 0) is 47.7 Å². The predicted molar refractivity (Wildman–Crippen MR) is 104 cm³/mol. The van der Waals surface area contributed by atoms with Crippen LogP contribution in [-0.4, -0.2) is 72.9 Å². The molecular weight excluding hydrogens is 376 g/mol. The third kappa shape index (κ3) is 4.13. The fourth-order valence-corrected chi connectivity index (χ4v) is 4.26. The van der Waals surface area contributed by atoms with Crippen molar-refractivity contribution in [2.75, 3.05) is 32.7 Å². The molecule has 0 atom stereocenters. The maximum absolute atomic E-state index is 5.39. The first-order chi connectivity index (χ1) is 13.8. The first-order valence-corrected chi connectivity index (χ1v) is 10.8. The Morgan fingerprint density at radius 1 is 1.14 bits per heavy atom. The lowest BCUT2D eigenvalue weighted by molar-refractivity contribution is 0.122. The average molecular weight is 401 g/mol. The third-order valence-corrected chi connectivity index (χ3v) is 6.22.